The zero-order chi connectivity index (χ0) is 19.1. The number of carbonyl (C=O) groups is 2. The van der Waals surface area contributed by atoms with E-state index in [0.717, 1.165) is 5.69 Å². The van der Waals surface area contributed by atoms with Gasteiger partial charge in [0, 0.05) is 5.69 Å². The highest BCUT2D eigenvalue weighted by molar-refractivity contribution is 8.01. The molecule has 0 bridgehead atoms. The van der Waals surface area contributed by atoms with Crippen molar-refractivity contribution in [1.82, 2.24) is 10.2 Å². The van der Waals surface area contributed by atoms with E-state index in [9.17, 15) is 9.59 Å². The molecule has 27 heavy (non-hydrogen) atoms. The third-order valence-corrected chi connectivity index (χ3v) is 5.33. The molecule has 2 amide bonds. The lowest BCUT2D eigenvalue weighted by Gasteiger charge is -2.06. The first kappa shape index (κ1) is 18.9. The Bertz CT molecular complexity index is 931. The van der Waals surface area contributed by atoms with E-state index in [0.29, 0.717) is 20.8 Å². The fourth-order valence-corrected chi connectivity index (χ4v) is 3.71. The lowest BCUT2D eigenvalue weighted by molar-refractivity contribution is -0.113. The maximum absolute atomic E-state index is 12.3. The minimum atomic E-state index is -0.332. The Morgan fingerprint density at radius 1 is 1.04 bits per heavy atom. The largest absolute Gasteiger partial charge is 0.496 e. The molecule has 0 aliphatic rings. The first-order valence-corrected chi connectivity index (χ1v) is 9.71. The molecule has 3 rings (SSSR count). The summed E-state index contributed by atoms with van der Waals surface area (Å²) in [6.45, 7) is 0. The summed E-state index contributed by atoms with van der Waals surface area (Å²) in [5.74, 6) is 0.207. The molecule has 0 atom stereocenters. The van der Waals surface area contributed by atoms with Crippen molar-refractivity contribution in [1.29, 1.82) is 0 Å². The van der Waals surface area contributed by atoms with Gasteiger partial charge in [-0.2, -0.15) is 0 Å². The molecule has 1 aromatic heterocycles. The molecule has 0 saturated heterocycles. The fourth-order valence-electron chi connectivity index (χ4n) is 2.16. The van der Waals surface area contributed by atoms with Crippen molar-refractivity contribution in [3.8, 4) is 5.75 Å². The molecule has 0 aliphatic heterocycles. The summed E-state index contributed by atoms with van der Waals surface area (Å²) in [5, 5.41) is 13.8. The molecule has 7 nitrogen and oxygen atoms in total. The number of methoxy groups -OCH3 is 1. The van der Waals surface area contributed by atoms with E-state index in [2.05, 4.69) is 20.8 Å². The number of ether oxygens (including phenoxy) is 1. The predicted octanol–water partition coefficient (Wildman–Crippen LogP) is 3.53. The average Bonchev–Trinajstić information content (AvgIpc) is 3.14. The second kappa shape index (κ2) is 9.15. The third-order valence-electron chi connectivity index (χ3n) is 3.36. The Morgan fingerprint density at radius 3 is 2.56 bits per heavy atom. The number of nitrogens with one attached hydrogen (secondary N) is 2. The van der Waals surface area contributed by atoms with Crippen LogP contribution in [0.2, 0.25) is 0 Å². The van der Waals surface area contributed by atoms with Crippen LogP contribution in [0.25, 0.3) is 0 Å². The number of anilines is 2. The van der Waals surface area contributed by atoms with E-state index in [1.807, 2.05) is 30.3 Å². The second-order valence-electron chi connectivity index (χ2n) is 5.23. The molecule has 3 aromatic rings. The molecule has 138 valence electrons. The maximum atomic E-state index is 12.3. The average molecular weight is 400 g/mol. The number of aromatic nitrogens is 2. The molecule has 9 heteroatoms. The SMILES string of the molecule is COc1ccccc1C(=O)Nc1nnc(SCC(=O)Nc2ccccc2)s1. The Labute approximate surface area is 164 Å². The fraction of sp³-hybridized carbons (Fsp3) is 0.111. The number of carbonyl (C=O) groups excluding carboxylic acids is 2. The zero-order valence-electron chi connectivity index (χ0n) is 14.3. The van der Waals surface area contributed by atoms with E-state index in [-0.39, 0.29) is 17.6 Å². The Hall–Kier alpha value is -2.91. The number of nitrogens with zero attached hydrogens (tertiary/aromatic N) is 2. The Kier molecular flexibility index (Phi) is 6.39. The topological polar surface area (TPSA) is 93.2 Å². The van der Waals surface area contributed by atoms with Crippen LogP contribution in [0.3, 0.4) is 0 Å². The van der Waals surface area contributed by atoms with Crippen molar-refractivity contribution in [2.24, 2.45) is 0 Å². The number of thioether (sulfide) groups is 1. The van der Waals surface area contributed by atoms with Crippen LogP contribution in [0, 0.1) is 0 Å². The van der Waals surface area contributed by atoms with E-state index in [1.54, 1.807) is 24.3 Å². The van der Waals surface area contributed by atoms with Gasteiger partial charge >= 0.3 is 0 Å². The molecular weight excluding hydrogens is 384 g/mol. The van der Waals surface area contributed by atoms with Crippen LogP contribution >= 0.6 is 23.1 Å². The molecule has 2 aromatic carbocycles. The van der Waals surface area contributed by atoms with Crippen molar-refractivity contribution >= 4 is 45.7 Å². The smallest absolute Gasteiger partial charge is 0.261 e. The maximum Gasteiger partial charge on any atom is 0.261 e. The van der Waals surface area contributed by atoms with E-state index >= 15 is 0 Å². The summed E-state index contributed by atoms with van der Waals surface area (Å²) in [6.07, 6.45) is 0. The normalized spacial score (nSPS) is 10.3. The van der Waals surface area contributed by atoms with Gasteiger partial charge in [0.05, 0.1) is 18.4 Å². The van der Waals surface area contributed by atoms with Crippen LogP contribution < -0.4 is 15.4 Å². The number of amides is 2. The molecule has 1 heterocycles. The van der Waals surface area contributed by atoms with Gasteiger partial charge in [0.25, 0.3) is 5.91 Å². The first-order chi connectivity index (χ1) is 13.2. The number of para-hydroxylation sites is 2. The molecule has 0 radical (unpaired) electrons. The zero-order valence-corrected chi connectivity index (χ0v) is 16.0. The number of hydrogen-bond acceptors (Lipinski definition) is 7. The van der Waals surface area contributed by atoms with Crippen molar-refractivity contribution in [2.45, 2.75) is 4.34 Å². The summed E-state index contributed by atoms with van der Waals surface area (Å²) in [4.78, 5) is 24.3. The minimum Gasteiger partial charge on any atom is -0.496 e. The van der Waals surface area contributed by atoms with Gasteiger partial charge in [0.1, 0.15) is 5.75 Å². The number of hydrogen-bond donors (Lipinski definition) is 2. The molecule has 0 fully saturated rings. The molecule has 0 spiro atoms. The van der Waals surface area contributed by atoms with Gasteiger partial charge in [0.15, 0.2) is 4.34 Å². The summed E-state index contributed by atoms with van der Waals surface area (Å²) < 4.78 is 5.77. The number of benzene rings is 2. The van der Waals surface area contributed by atoms with Gasteiger partial charge in [0.2, 0.25) is 11.0 Å². The summed E-state index contributed by atoms with van der Waals surface area (Å²) >= 11 is 2.46. The standard InChI is InChI=1S/C18H16N4O3S2/c1-25-14-10-6-5-9-13(14)16(24)20-17-21-22-18(27-17)26-11-15(23)19-12-7-3-2-4-8-12/h2-10H,11H2,1H3,(H,19,23)(H,20,21,24). The van der Waals surface area contributed by atoms with Crippen molar-refractivity contribution in [3.05, 3.63) is 60.2 Å². The monoisotopic (exact) mass is 400 g/mol. The van der Waals surface area contributed by atoms with Crippen LogP contribution in [-0.2, 0) is 4.79 Å². The van der Waals surface area contributed by atoms with Gasteiger partial charge in [-0.25, -0.2) is 0 Å². The van der Waals surface area contributed by atoms with Gasteiger partial charge in [-0.15, -0.1) is 10.2 Å². The molecule has 0 aliphatic carbocycles. The minimum absolute atomic E-state index is 0.138. The molecular formula is C18H16N4O3S2. The first-order valence-electron chi connectivity index (χ1n) is 7.91. The number of rotatable bonds is 7. The van der Waals surface area contributed by atoms with Crippen molar-refractivity contribution in [2.75, 3.05) is 23.5 Å². The lowest BCUT2D eigenvalue weighted by atomic mass is 10.2. The summed E-state index contributed by atoms with van der Waals surface area (Å²) in [6, 6.07) is 16.1. The quantitative estimate of drug-likeness (QED) is 0.466. The van der Waals surface area contributed by atoms with Crippen molar-refractivity contribution in [3.63, 3.8) is 0 Å². The highest BCUT2D eigenvalue weighted by Gasteiger charge is 2.15. The molecule has 0 unspecified atom stereocenters. The van der Waals surface area contributed by atoms with Crippen LogP contribution in [0.1, 0.15) is 10.4 Å². The molecule has 0 saturated carbocycles. The Balaban J connectivity index is 1.54. The van der Waals surface area contributed by atoms with Crippen LogP contribution in [0.15, 0.2) is 58.9 Å². The predicted molar refractivity (Wildman–Crippen MR) is 107 cm³/mol. The van der Waals surface area contributed by atoms with Gasteiger partial charge in [-0.05, 0) is 24.3 Å². The summed E-state index contributed by atoms with van der Waals surface area (Å²) in [7, 11) is 1.51. The van der Waals surface area contributed by atoms with E-state index in [4.69, 9.17) is 4.74 Å². The van der Waals surface area contributed by atoms with Gasteiger partial charge in [-0.1, -0.05) is 53.4 Å². The van der Waals surface area contributed by atoms with Crippen molar-refractivity contribution < 1.29 is 14.3 Å². The van der Waals surface area contributed by atoms with Crippen LogP contribution in [0.5, 0.6) is 5.75 Å². The Morgan fingerprint density at radius 2 is 1.78 bits per heavy atom. The summed E-state index contributed by atoms with van der Waals surface area (Å²) in [5.41, 5.74) is 1.15. The highest BCUT2D eigenvalue weighted by atomic mass is 32.2. The van der Waals surface area contributed by atoms with Gasteiger partial charge < -0.3 is 10.1 Å². The lowest BCUT2D eigenvalue weighted by Crippen LogP contribution is -2.13. The second-order valence-corrected chi connectivity index (χ2v) is 7.43. The third kappa shape index (κ3) is 5.28. The van der Waals surface area contributed by atoms with E-state index < -0.39 is 0 Å². The van der Waals surface area contributed by atoms with Crippen LogP contribution in [-0.4, -0.2) is 34.9 Å². The van der Waals surface area contributed by atoms with Gasteiger partial charge in [-0.3, -0.25) is 14.9 Å². The molecule has 2 N–H and O–H groups in total. The highest BCUT2D eigenvalue weighted by Crippen LogP contribution is 2.27. The van der Waals surface area contributed by atoms with E-state index in [1.165, 1.54) is 30.2 Å². The van der Waals surface area contributed by atoms with Crippen LogP contribution in [0.4, 0.5) is 10.8 Å².